The van der Waals surface area contributed by atoms with Crippen molar-refractivity contribution in [1.29, 1.82) is 0 Å². The molecule has 1 aromatic rings. The Hall–Kier alpha value is -0.450. The van der Waals surface area contributed by atoms with E-state index in [0.717, 1.165) is 5.56 Å². The van der Waals surface area contributed by atoms with E-state index in [-0.39, 0.29) is 6.42 Å². The molecule has 0 spiro atoms. The molecule has 1 nitrogen and oxygen atoms in total. The van der Waals surface area contributed by atoms with Gasteiger partial charge in [-0.05, 0) is 35.1 Å². The smallest absolute Gasteiger partial charge is 0.222 e. The first-order valence-corrected chi connectivity index (χ1v) is 5.03. The fourth-order valence-electron chi connectivity index (χ4n) is 0.977. The van der Waals surface area contributed by atoms with Gasteiger partial charge in [0.15, 0.2) is 5.78 Å². The molecule has 0 saturated carbocycles. The van der Waals surface area contributed by atoms with Gasteiger partial charge in [0.2, 0.25) is 3.68 Å². The maximum absolute atomic E-state index is 13.5. The third-order valence-electron chi connectivity index (χ3n) is 1.78. The van der Waals surface area contributed by atoms with E-state index in [1.807, 2.05) is 30.3 Å². The first-order valence-electron chi connectivity index (χ1n) is 3.95. The van der Waals surface area contributed by atoms with Crippen LogP contribution in [0.1, 0.15) is 12.5 Å². The van der Waals surface area contributed by atoms with Gasteiger partial charge < -0.3 is 0 Å². The SMILES string of the molecule is CC(=O)C(F)(I)Cc1ccccc1. The molecule has 0 aliphatic rings. The van der Waals surface area contributed by atoms with Crippen LogP contribution in [0, 0.1) is 0 Å². The maximum Gasteiger partial charge on any atom is 0.222 e. The van der Waals surface area contributed by atoms with Crippen LogP contribution >= 0.6 is 22.6 Å². The predicted molar refractivity (Wildman–Crippen MR) is 58.7 cm³/mol. The van der Waals surface area contributed by atoms with Gasteiger partial charge in [0.1, 0.15) is 0 Å². The Morgan fingerprint density at radius 3 is 2.46 bits per heavy atom. The molecule has 0 radical (unpaired) electrons. The molecule has 0 saturated heterocycles. The molecular weight excluding hydrogens is 282 g/mol. The minimum absolute atomic E-state index is 0.143. The summed E-state index contributed by atoms with van der Waals surface area (Å²) in [6.45, 7) is 1.27. The molecule has 0 fully saturated rings. The topological polar surface area (TPSA) is 17.1 Å². The lowest BCUT2D eigenvalue weighted by Gasteiger charge is -2.14. The maximum atomic E-state index is 13.5. The number of Topliss-reactive ketones (excluding diaryl/α,β-unsaturated/α-hetero) is 1. The number of halogens is 2. The normalized spacial score (nSPS) is 15.0. The van der Waals surface area contributed by atoms with Crippen LogP contribution in [-0.4, -0.2) is 9.46 Å². The van der Waals surface area contributed by atoms with Gasteiger partial charge in [-0.3, -0.25) is 4.79 Å². The Balaban J connectivity index is 2.75. The van der Waals surface area contributed by atoms with Gasteiger partial charge in [-0.25, -0.2) is 4.39 Å². The number of benzene rings is 1. The second-order valence-corrected chi connectivity index (χ2v) is 4.63. The minimum Gasteiger partial charge on any atom is -0.295 e. The molecule has 0 heterocycles. The molecule has 1 rings (SSSR count). The molecule has 1 aromatic carbocycles. The minimum atomic E-state index is -1.76. The summed E-state index contributed by atoms with van der Waals surface area (Å²) < 4.78 is 11.8. The van der Waals surface area contributed by atoms with Crippen LogP contribution in [0.15, 0.2) is 30.3 Å². The number of ketones is 1. The summed E-state index contributed by atoms with van der Waals surface area (Å²) >= 11 is 1.55. The Bertz CT molecular complexity index is 295. The van der Waals surface area contributed by atoms with Crippen LogP contribution in [0.3, 0.4) is 0 Å². The van der Waals surface area contributed by atoms with Crippen LogP contribution in [-0.2, 0) is 11.2 Å². The van der Waals surface area contributed by atoms with Crippen LogP contribution in [0.25, 0.3) is 0 Å². The van der Waals surface area contributed by atoms with E-state index in [1.165, 1.54) is 6.92 Å². The van der Waals surface area contributed by atoms with E-state index in [1.54, 1.807) is 22.6 Å². The highest BCUT2D eigenvalue weighted by molar-refractivity contribution is 14.1. The predicted octanol–water partition coefficient (Wildman–Crippen LogP) is 2.92. The standard InChI is InChI=1S/C10H10FIO/c1-8(13)10(11,12)7-9-5-3-2-4-6-9/h2-6H,7H2,1H3. The average Bonchev–Trinajstić information content (AvgIpc) is 2.05. The Morgan fingerprint density at radius 2 is 2.00 bits per heavy atom. The lowest BCUT2D eigenvalue weighted by atomic mass is 10.1. The van der Waals surface area contributed by atoms with Crippen molar-refractivity contribution in [3.8, 4) is 0 Å². The monoisotopic (exact) mass is 292 g/mol. The fraction of sp³-hybridized carbons (Fsp3) is 0.300. The van der Waals surface area contributed by atoms with E-state index in [9.17, 15) is 9.18 Å². The quantitative estimate of drug-likeness (QED) is 0.618. The van der Waals surface area contributed by atoms with Crippen LogP contribution in [0.4, 0.5) is 4.39 Å². The van der Waals surface area contributed by atoms with Crippen molar-refractivity contribution < 1.29 is 9.18 Å². The first-order chi connectivity index (χ1) is 6.02. The molecule has 0 aliphatic carbocycles. The number of rotatable bonds is 3. The Labute approximate surface area is 90.5 Å². The summed E-state index contributed by atoms with van der Waals surface area (Å²) in [5, 5.41) is 0. The molecule has 0 bridgehead atoms. The summed E-state index contributed by atoms with van der Waals surface area (Å²) in [5.74, 6) is -0.433. The van der Waals surface area contributed by atoms with Gasteiger partial charge in [0.05, 0.1) is 0 Å². The third kappa shape index (κ3) is 3.06. The van der Waals surface area contributed by atoms with Crippen molar-refractivity contribution in [2.75, 3.05) is 0 Å². The van der Waals surface area contributed by atoms with Crippen molar-refractivity contribution in [3.05, 3.63) is 35.9 Å². The molecule has 1 atom stereocenters. The number of carbonyl (C=O) groups excluding carboxylic acids is 1. The van der Waals surface area contributed by atoms with E-state index in [0.29, 0.717) is 0 Å². The van der Waals surface area contributed by atoms with Gasteiger partial charge in [0, 0.05) is 6.42 Å². The molecular formula is C10H10FIO. The summed E-state index contributed by atoms with van der Waals surface area (Å²) in [4.78, 5) is 10.9. The van der Waals surface area contributed by atoms with Gasteiger partial charge in [-0.1, -0.05) is 30.3 Å². The highest BCUT2D eigenvalue weighted by Gasteiger charge is 2.31. The third-order valence-corrected chi connectivity index (χ3v) is 2.93. The van der Waals surface area contributed by atoms with E-state index in [4.69, 9.17) is 0 Å². The Kier molecular flexibility index (Phi) is 3.41. The summed E-state index contributed by atoms with van der Waals surface area (Å²) in [6.07, 6.45) is 0.143. The second-order valence-electron chi connectivity index (χ2n) is 2.92. The van der Waals surface area contributed by atoms with E-state index >= 15 is 0 Å². The van der Waals surface area contributed by atoms with Crippen LogP contribution < -0.4 is 0 Å². The van der Waals surface area contributed by atoms with Crippen molar-refractivity contribution in [3.63, 3.8) is 0 Å². The zero-order valence-corrected chi connectivity index (χ0v) is 9.42. The molecule has 0 aliphatic heterocycles. The number of hydrogen-bond acceptors (Lipinski definition) is 1. The molecule has 0 aromatic heterocycles. The van der Waals surface area contributed by atoms with Gasteiger partial charge in [0.25, 0.3) is 0 Å². The fourth-order valence-corrected chi connectivity index (χ4v) is 1.42. The second kappa shape index (κ2) is 4.17. The number of alkyl halides is 2. The molecule has 70 valence electrons. The highest BCUT2D eigenvalue weighted by Crippen LogP contribution is 2.26. The molecule has 3 heteroatoms. The summed E-state index contributed by atoms with van der Waals surface area (Å²) in [5.41, 5.74) is 0.842. The van der Waals surface area contributed by atoms with Crippen LogP contribution in [0.5, 0.6) is 0 Å². The zero-order chi connectivity index (χ0) is 9.90. The van der Waals surface area contributed by atoms with E-state index < -0.39 is 9.46 Å². The molecule has 1 unspecified atom stereocenters. The summed E-state index contributed by atoms with van der Waals surface area (Å²) in [6, 6.07) is 9.17. The Morgan fingerprint density at radius 1 is 1.46 bits per heavy atom. The first kappa shape index (κ1) is 10.6. The van der Waals surface area contributed by atoms with Crippen molar-refractivity contribution in [1.82, 2.24) is 0 Å². The summed E-state index contributed by atoms with van der Waals surface area (Å²) in [7, 11) is 0. The largest absolute Gasteiger partial charge is 0.295 e. The molecule has 0 amide bonds. The van der Waals surface area contributed by atoms with Gasteiger partial charge >= 0.3 is 0 Å². The van der Waals surface area contributed by atoms with E-state index in [2.05, 4.69) is 0 Å². The lowest BCUT2D eigenvalue weighted by Crippen LogP contribution is -2.26. The van der Waals surface area contributed by atoms with Crippen LogP contribution in [0.2, 0.25) is 0 Å². The van der Waals surface area contributed by atoms with Crippen molar-refractivity contribution >= 4 is 28.4 Å². The molecule has 13 heavy (non-hydrogen) atoms. The van der Waals surface area contributed by atoms with Gasteiger partial charge in [-0.2, -0.15) is 0 Å². The zero-order valence-electron chi connectivity index (χ0n) is 7.26. The van der Waals surface area contributed by atoms with Crippen molar-refractivity contribution in [2.45, 2.75) is 17.0 Å². The highest BCUT2D eigenvalue weighted by atomic mass is 127. The number of hydrogen-bond donors (Lipinski definition) is 0. The molecule has 0 N–H and O–H groups in total. The lowest BCUT2D eigenvalue weighted by molar-refractivity contribution is -0.122. The van der Waals surface area contributed by atoms with Crippen molar-refractivity contribution in [2.24, 2.45) is 0 Å². The number of carbonyl (C=O) groups is 1. The average molecular weight is 292 g/mol. The van der Waals surface area contributed by atoms with Gasteiger partial charge in [-0.15, -0.1) is 0 Å².